The Kier molecular flexibility index (Phi) is 9.39. The van der Waals surface area contributed by atoms with E-state index in [4.69, 9.17) is 27.4 Å². The Balaban J connectivity index is 2.74. The fourth-order valence-electron chi connectivity index (χ4n) is 2.23. The van der Waals surface area contributed by atoms with Gasteiger partial charge in [0.05, 0.1) is 19.0 Å². The number of nitrogens with one attached hydrogen (secondary N) is 3. The fraction of sp³-hybridized carbons (Fsp3) is 0.533. The molecule has 0 aliphatic carbocycles. The van der Waals surface area contributed by atoms with E-state index in [1.165, 1.54) is 12.5 Å². The summed E-state index contributed by atoms with van der Waals surface area (Å²) in [6, 6.07) is -3.53. The molecule has 2 amide bonds. The number of imidazole rings is 1. The summed E-state index contributed by atoms with van der Waals surface area (Å²) < 4.78 is 0. The third-order valence-corrected chi connectivity index (χ3v) is 3.71. The monoisotopic (exact) mass is 398 g/mol. The van der Waals surface area contributed by atoms with E-state index in [0.29, 0.717) is 12.1 Å². The third kappa shape index (κ3) is 8.01. The summed E-state index contributed by atoms with van der Waals surface area (Å²) in [7, 11) is 0. The lowest BCUT2D eigenvalue weighted by molar-refractivity contribution is -0.143. The number of aliphatic carboxylic acids is 1. The molecule has 13 heteroatoms. The predicted molar refractivity (Wildman–Crippen MR) is 98.8 cm³/mol. The zero-order chi connectivity index (χ0) is 21.1. The van der Waals surface area contributed by atoms with Crippen molar-refractivity contribution in [2.45, 2.75) is 37.4 Å². The minimum absolute atomic E-state index is 0.113. The highest BCUT2D eigenvalue weighted by molar-refractivity contribution is 5.91. The van der Waals surface area contributed by atoms with Crippen LogP contribution in [-0.2, 0) is 20.8 Å². The Morgan fingerprint density at radius 2 is 1.89 bits per heavy atom. The van der Waals surface area contributed by atoms with Crippen molar-refractivity contribution in [3.8, 4) is 0 Å². The van der Waals surface area contributed by atoms with Crippen LogP contribution in [0.25, 0.3) is 0 Å². The van der Waals surface area contributed by atoms with Crippen molar-refractivity contribution in [2.75, 3.05) is 13.2 Å². The van der Waals surface area contributed by atoms with Crippen LogP contribution in [0.4, 0.5) is 0 Å². The standard InChI is InChI=1S/C15H26N8O5/c16-9(4-8-5-19-7-21-8)12(25)22-10(2-1-3-20-15(17)18)13(26)23-11(6-24)14(27)28/h5,7,9-11,24H,1-4,6,16H2,(H,19,21)(H,22,25)(H,23,26)(H,27,28)(H4,17,18,20)/t9-,10-,11-/m0/s1. The number of rotatable bonds is 12. The molecule has 11 N–H and O–H groups in total. The zero-order valence-electron chi connectivity index (χ0n) is 15.2. The van der Waals surface area contributed by atoms with Crippen LogP contribution in [0.15, 0.2) is 17.5 Å². The van der Waals surface area contributed by atoms with Crippen LogP contribution in [0.1, 0.15) is 18.5 Å². The molecule has 0 spiro atoms. The van der Waals surface area contributed by atoms with E-state index in [2.05, 4.69) is 25.6 Å². The minimum Gasteiger partial charge on any atom is -0.480 e. The van der Waals surface area contributed by atoms with E-state index >= 15 is 0 Å². The summed E-state index contributed by atoms with van der Waals surface area (Å²) >= 11 is 0. The molecule has 0 fully saturated rings. The number of aliphatic hydroxyl groups excluding tert-OH is 1. The molecular weight excluding hydrogens is 372 g/mol. The lowest BCUT2D eigenvalue weighted by atomic mass is 10.1. The van der Waals surface area contributed by atoms with Gasteiger partial charge in [0.1, 0.15) is 12.1 Å². The molecule has 156 valence electrons. The normalized spacial score (nSPS) is 13.8. The molecule has 13 nitrogen and oxygen atoms in total. The van der Waals surface area contributed by atoms with E-state index < -0.39 is 42.5 Å². The highest BCUT2D eigenvalue weighted by Gasteiger charge is 2.27. The number of aromatic amines is 1. The van der Waals surface area contributed by atoms with Crippen LogP contribution in [-0.4, -0.2) is 75.2 Å². The van der Waals surface area contributed by atoms with Gasteiger partial charge in [-0.05, 0) is 12.8 Å². The van der Waals surface area contributed by atoms with E-state index in [-0.39, 0.29) is 25.3 Å². The molecule has 3 atom stereocenters. The molecule has 0 bridgehead atoms. The van der Waals surface area contributed by atoms with E-state index in [0.717, 1.165) is 0 Å². The first kappa shape index (κ1) is 22.9. The fourth-order valence-corrected chi connectivity index (χ4v) is 2.23. The molecule has 1 aromatic heterocycles. The highest BCUT2D eigenvalue weighted by Crippen LogP contribution is 2.02. The second kappa shape index (κ2) is 11.5. The number of aliphatic imine (C=N–C) groups is 1. The van der Waals surface area contributed by atoms with E-state index in [1.54, 1.807) is 0 Å². The van der Waals surface area contributed by atoms with Crippen LogP contribution in [0.5, 0.6) is 0 Å². The highest BCUT2D eigenvalue weighted by atomic mass is 16.4. The SMILES string of the molecule is NC(N)=NCCC[C@H](NC(=O)[C@@H](N)Cc1cnc[nH]1)C(=O)N[C@@H](CO)C(=O)O. The van der Waals surface area contributed by atoms with Crippen molar-refractivity contribution in [3.05, 3.63) is 18.2 Å². The molecule has 0 unspecified atom stereocenters. The molecule has 1 heterocycles. The van der Waals surface area contributed by atoms with E-state index in [9.17, 15) is 14.4 Å². The number of amides is 2. The van der Waals surface area contributed by atoms with Gasteiger partial charge >= 0.3 is 5.97 Å². The topological polar surface area (TPSA) is 235 Å². The molecule has 28 heavy (non-hydrogen) atoms. The molecular formula is C15H26N8O5. The Bertz CT molecular complexity index is 674. The molecule has 0 aliphatic rings. The van der Waals surface area contributed by atoms with Crippen LogP contribution in [0, 0.1) is 0 Å². The van der Waals surface area contributed by atoms with Crippen molar-refractivity contribution in [2.24, 2.45) is 22.2 Å². The van der Waals surface area contributed by atoms with Crippen LogP contribution >= 0.6 is 0 Å². The Morgan fingerprint density at radius 1 is 1.21 bits per heavy atom. The molecule has 0 aliphatic heterocycles. The number of carboxylic acid groups (broad SMARTS) is 1. The number of H-pyrrole nitrogens is 1. The molecule has 0 saturated carbocycles. The van der Waals surface area contributed by atoms with Gasteiger partial charge in [-0.1, -0.05) is 0 Å². The minimum atomic E-state index is -1.50. The van der Waals surface area contributed by atoms with Crippen molar-refractivity contribution in [1.29, 1.82) is 0 Å². The third-order valence-electron chi connectivity index (χ3n) is 3.71. The van der Waals surface area contributed by atoms with Gasteiger partial charge < -0.3 is 43.0 Å². The first-order valence-corrected chi connectivity index (χ1v) is 8.47. The first-order chi connectivity index (χ1) is 13.2. The van der Waals surface area contributed by atoms with Crippen LogP contribution in [0.2, 0.25) is 0 Å². The number of hydrogen-bond donors (Lipinski definition) is 8. The van der Waals surface area contributed by atoms with Crippen LogP contribution in [0.3, 0.4) is 0 Å². The molecule has 0 radical (unpaired) electrons. The Morgan fingerprint density at radius 3 is 2.43 bits per heavy atom. The number of carbonyl (C=O) groups is 3. The van der Waals surface area contributed by atoms with Gasteiger partial charge in [-0.3, -0.25) is 14.6 Å². The van der Waals surface area contributed by atoms with Gasteiger partial charge in [-0.15, -0.1) is 0 Å². The summed E-state index contributed by atoms with van der Waals surface area (Å²) in [6.45, 7) is -0.584. The first-order valence-electron chi connectivity index (χ1n) is 8.47. The number of nitrogens with two attached hydrogens (primary N) is 3. The van der Waals surface area contributed by atoms with Gasteiger partial charge in [-0.25, -0.2) is 9.78 Å². The maximum atomic E-state index is 12.4. The largest absolute Gasteiger partial charge is 0.480 e. The van der Waals surface area contributed by atoms with Gasteiger partial charge in [0.15, 0.2) is 5.96 Å². The summed E-state index contributed by atoms with van der Waals surface area (Å²) in [5.74, 6) is -2.89. The van der Waals surface area contributed by atoms with Crippen molar-refractivity contribution < 1.29 is 24.6 Å². The van der Waals surface area contributed by atoms with Gasteiger partial charge in [0, 0.05) is 24.9 Å². The molecule has 1 rings (SSSR count). The number of hydrogen-bond acceptors (Lipinski definition) is 7. The number of carboxylic acids is 1. The second-order valence-corrected chi connectivity index (χ2v) is 5.98. The van der Waals surface area contributed by atoms with Crippen molar-refractivity contribution in [3.63, 3.8) is 0 Å². The number of aliphatic hydroxyl groups is 1. The van der Waals surface area contributed by atoms with E-state index in [1.807, 2.05) is 0 Å². The number of nitrogens with zero attached hydrogens (tertiary/aromatic N) is 2. The average Bonchev–Trinajstić information content (AvgIpc) is 3.14. The van der Waals surface area contributed by atoms with Gasteiger partial charge in [-0.2, -0.15) is 0 Å². The predicted octanol–water partition coefficient (Wildman–Crippen LogP) is -3.62. The summed E-state index contributed by atoms with van der Waals surface area (Å²) in [6.07, 6.45) is 3.60. The van der Waals surface area contributed by atoms with Crippen molar-refractivity contribution >= 4 is 23.7 Å². The smallest absolute Gasteiger partial charge is 0.328 e. The number of aromatic nitrogens is 2. The number of carbonyl (C=O) groups excluding carboxylic acids is 2. The second-order valence-electron chi connectivity index (χ2n) is 5.98. The summed E-state index contributed by atoms with van der Waals surface area (Å²) in [5, 5.41) is 22.7. The summed E-state index contributed by atoms with van der Waals surface area (Å²) in [4.78, 5) is 46.1. The maximum Gasteiger partial charge on any atom is 0.328 e. The lowest BCUT2D eigenvalue weighted by Gasteiger charge is -2.22. The molecule has 1 aromatic rings. The van der Waals surface area contributed by atoms with Crippen LogP contribution < -0.4 is 27.8 Å². The summed E-state index contributed by atoms with van der Waals surface area (Å²) in [5.41, 5.74) is 17.0. The van der Waals surface area contributed by atoms with Crippen molar-refractivity contribution in [1.82, 2.24) is 20.6 Å². The number of guanidine groups is 1. The Hall–Kier alpha value is -3.19. The lowest BCUT2D eigenvalue weighted by Crippen LogP contribution is -2.55. The maximum absolute atomic E-state index is 12.4. The molecule has 0 aromatic carbocycles. The van der Waals surface area contributed by atoms with Gasteiger partial charge in [0.2, 0.25) is 11.8 Å². The molecule has 0 saturated heterocycles. The quantitative estimate of drug-likeness (QED) is 0.0983. The Labute approximate surface area is 160 Å². The zero-order valence-corrected chi connectivity index (χ0v) is 15.2. The average molecular weight is 398 g/mol. The van der Waals surface area contributed by atoms with Gasteiger partial charge in [0.25, 0.3) is 0 Å².